The minimum atomic E-state index is 0.531. The van der Waals surface area contributed by atoms with E-state index in [0.717, 1.165) is 38.6 Å². The maximum atomic E-state index is 5.90. The van der Waals surface area contributed by atoms with Crippen molar-refractivity contribution in [3.8, 4) is 0 Å². The lowest BCUT2D eigenvalue weighted by Crippen LogP contribution is -2.42. The number of nitrogens with zero attached hydrogens (tertiary/aromatic N) is 1. The van der Waals surface area contributed by atoms with Crippen LogP contribution in [0.1, 0.15) is 52.4 Å². The van der Waals surface area contributed by atoms with Crippen LogP contribution in [0.2, 0.25) is 0 Å². The van der Waals surface area contributed by atoms with Gasteiger partial charge in [-0.05, 0) is 25.4 Å². The second-order valence-electron chi connectivity index (χ2n) is 5.65. The molecule has 3 heteroatoms. The van der Waals surface area contributed by atoms with Gasteiger partial charge in [0.1, 0.15) is 0 Å². The summed E-state index contributed by atoms with van der Waals surface area (Å²) in [5.74, 6) is 0.924. The van der Waals surface area contributed by atoms with Crippen LogP contribution in [0.4, 0.5) is 0 Å². The highest BCUT2D eigenvalue weighted by molar-refractivity contribution is 4.75. The van der Waals surface area contributed by atoms with Gasteiger partial charge in [0.25, 0.3) is 0 Å². The summed E-state index contributed by atoms with van der Waals surface area (Å²) in [5, 5.41) is 3.65. The van der Waals surface area contributed by atoms with Gasteiger partial charge in [-0.2, -0.15) is 0 Å². The molecular weight excluding hydrogens is 222 g/mol. The van der Waals surface area contributed by atoms with Crippen molar-refractivity contribution in [2.45, 2.75) is 58.4 Å². The Labute approximate surface area is 113 Å². The van der Waals surface area contributed by atoms with E-state index in [0.29, 0.717) is 6.04 Å². The Morgan fingerprint density at radius 3 is 2.39 bits per heavy atom. The first-order valence-corrected chi connectivity index (χ1v) is 7.95. The highest BCUT2D eigenvalue weighted by atomic mass is 15.1. The fourth-order valence-corrected chi connectivity index (χ4v) is 3.05. The lowest BCUT2D eigenvalue weighted by Gasteiger charge is -2.27. The number of hydrogen-bond acceptors (Lipinski definition) is 3. The molecule has 1 fully saturated rings. The van der Waals surface area contributed by atoms with E-state index in [1.807, 2.05) is 0 Å². The average molecular weight is 255 g/mol. The summed E-state index contributed by atoms with van der Waals surface area (Å²) in [6, 6.07) is 0.531. The van der Waals surface area contributed by atoms with E-state index in [-0.39, 0.29) is 0 Å². The van der Waals surface area contributed by atoms with E-state index in [1.165, 1.54) is 38.5 Å². The third kappa shape index (κ3) is 6.17. The SMILES string of the molecule is CCN(CC)CCNC(CN)CC1CCCCC1. The van der Waals surface area contributed by atoms with Gasteiger partial charge >= 0.3 is 0 Å². The van der Waals surface area contributed by atoms with Gasteiger partial charge in [-0.3, -0.25) is 0 Å². The van der Waals surface area contributed by atoms with Crippen molar-refractivity contribution in [2.75, 3.05) is 32.7 Å². The zero-order valence-corrected chi connectivity index (χ0v) is 12.5. The van der Waals surface area contributed by atoms with E-state index in [1.54, 1.807) is 0 Å². The summed E-state index contributed by atoms with van der Waals surface area (Å²) in [7, 11) is 0. The molecule has 0 spiro atoms. The molecule has 3 N–H and O–H groups in total. The number of nitrogens with one attached hydrogen (secondary N) is 1. The Kier molecular flexibility index (Phi) is 8.64. The molecule has 1 atom stereocenters. The fraction of sp³-hybridized carbons (Fsp3) is 1.00. The van der Waals surface area contributed by atoms with Crippen LogP contribution in [-0.4, -0.2) is 43.7 Å². The Hall–Kier alpha value is -0.120. The van der Waals surface area contributed by atoms with E-state index < -0.39 is 0 Å². The Morgan fingerprint density at radius 1 is 1.17 bits per heavy atom. The summed E-state index contributed by atoms with van der Waals surface area (Å²) in [6.07, 6.45) is 8.44. The molecule has 3 nitrogen and oxygen atoms in total. The number of nitrogens with two attached hydrogens (primary N) is 1. The smallest absolute Gasteiger partial charge is 0.0193 e. The molecule has 0 amide bonds. The van der Waals surface area contributed by atoms with E-state index in [2.05, 4.69) is 24.1 Å². The molecule has 1 aliphatic rings. The molecule has 1 aliphatic carbocycles. The third-order valence-corrected chi connectivity index (χ3v) is 4.38. The van der Waals surface area contributed by atoms with Crippen molar-refractivity contribution in [3.63, 3.8) is 0 Å². The van der Waals surface area contributed by atoms with Crippen molar-refractivity contribution in [2.24, 2.45) is 11.7 Å². The minimum absolute atomic E-state index is 0.531. The monoisotopic (exact) mass is 255 g/mol. The van der Waals surface area contributed by atoms with Crippen molar-refractivity contribution in [3.05, 3.63) is 0 Å². The maximum Gasteiger partial charge on any atom is 0.0193 e. The highest BCUT2D eigenvalue weighted by Gasteiger charge is 2.17. The third-order valence-electron chi connectivity index (χ3n) is 4.38. The first-order valence-electron chi connectivity index (χ1n) is 7.95. The predicted octanol–water partition coefficient (Wildman–Crippen LogP) is 2.22. The summed E-state index contributed by atoms with van der Waals surface area (Å²) in [6.45, 7) is 9.76. The van der Waals surface area contributed by atoms with E-state index >= 15 is 0 Å². The lowest BCUT2D eigenvalue weighted by atomic mass is 9.85. The van der Waals surface area contributed by atoms with Crippen LogP contribution in [0.3, 0.4) is 0 Å². The van der Waals surface area contributed by atoms with Crippen LogP contribution in [0, 0.1) is 5.92 Å². The van der Waals surface area contributed by atoms with Crippen molar-refractivity contribution >= 4 is 0 Å². The molecule has 0 bridgehead atoms. The van der Waals surface area contributed by atoms with Gasteiger partial charge < -0.3 is 16.0 Å². The van der Waals surface area contributed by atoms with Crippen molar-refractivity contribution in [1.82, 2.24) is 10.2 Å². The Balaban J connectivity index is 2.16. The first-order chi connectivity index (χ1) is 8.80. The van der Waals surface area contributed by atoms with Gasteiger partial charge in [0.15, 0.2) is 0 Å². The molecule has 0 aromatic rings. The van der Waals surface area contributed by atoms with Crippen LogP contribution in [-0.2, 0) is 0 Å². The second-order valence-corrected chi connectivity index (χ2v) is 5.65. The van der Waals surface area contributed by atoms with Gasteiger partial charge in [0.05, 0.1) is 0 Å². The van der Waals surface area contributed by atoms with Gasteiger partial charge in [-0.1, -0.05) is 46.0 Å². The lowest BCUT2D eigenvalue weighted by molar-refractivity contribution is 0.273. The van der Waals surface area contributed by atoms with Crippen molar-refractivity contribution in [1.29, 1.82) is 0 Å². The Morgan fingerprint density at radius 2 is 1.83 bits per heavy atom. The summed E-state index contributed by atoms with van der Waals surface area (Å²) in [4.78, 5) is 2.46. The first kappa shape index (κ1) is 15.9. The van der Waals surface area contributed by atoms with Crippen LogP contribution in [0.5, 0.6) is 0 Å². The molecule has 1 unspecified atom stereocenters. The van der Waals surface area contributed by atoms with Crippen LogP contribution < -0.4 is 11.1 Å². The predicted molar refractivity (Wildman–Crippen MR) is 79.8 cm³/mol. The number of hydrogen-bond donors (Lipinski definition) is 2. The van der Waals surface area contributed by atoms with Crippen molar-refractivity contribution < 1.29 is 0 Å². The highest BCUT2D eigenvalue weighted by Crippen LogP contribution is 2.27. The van der Waals surface area contributed by atoms with Crippen LogP contribution in [0.15, 0.2) is 0 Å². The van der Waals surface area contributed by atoms with Gasteiger partial charge in [0, 0.05) is 25.7 Å². The number of rotatable bonds is 9. The molecule has 0 saturated heterocycles. The summed E-state index contributed by atoms with van der Waals surface area (Å²) >= 11 is 0. The maximum absolute atomic E-state index is 5.90. The molecule has 0 radical (unpaired) electrons. The van der Waals surface area contributed by atoms with Gasteiger partial charge in [-0.25, -0.2) is 0 Å². The minimum Gasteiger partial charge on any atom is -0.329 e. The van der Waals surface area contributed by atoms with Crippen LogP contribution in [0.25, 0.3) is 0 Å². The average Bonchev–Trinajstić information content (AvgIpc) is 2.43. The van der Waals surface area contributed by atoms with E-state index in [4.69, 9.17) is 5.73 Å². The summed E-state index contributed by atoms with van der Waals surface area (Å²) in [5.41, 5.74) is 5.90. The molecule has 0 heterocycles. The molecule has 1 rings (SSSR count). The zero-order valence-electron chi connectivity index (χ0n) is 12.5. The fourth-order valence-electron chi connectivity index (χ4n) is 3.05. The van der Waals surface area contributed by atoms with Gasteiger partial charge in [0.2, 0.25) is 0 Å². The molecule has 108 valence electrons. The largest absolute Gasteiger partial charge is 0.329 e. The van der Waals surface area contributed by atoms with E-state index in [9.17, 15) is 0 Å². The molecule has 18 heavy (non-hydrogen) atoms. The molecule has 0 aromatic heterocycles. The molecule has 0 aliphatic heterocycles. The normalized spacial score (nSPS) is 19.3. The van der Waals surface area contributed by atoms with Crippen LogP contribution >= 0.6 is 0 Å². The molecule has 0 aromatic carbocycles. The molecule has 1 saturated carbocycles. The standard InChI is InChI=1S/C15H33N3/c1-3-18(4-2)11-10-17-15(13-16)12-14-8-6-5-7-9-14/h14-15,17H,3-13,16H2,1-2H3. The topological polar surface area (TPSA) is 41.3 Å². The summed E-state index contributed by atoms with van der Waals surface area (Å²) < 4.78 is 0. The van der Waals surface area contributed by atoms with Gasteiger partial charge in [-0.15, -0.1) is 0 Å². The zero-order chi connectivity index (χ0) is 13.2. The second kappa shape index (κ2) is 9.76. The molecular formula is C15H33N3. The quantitative estimate of drug-likeness (QED) is 0.664. The number of likely N-dealkylation sites (N-methyl/N-ethyl adjacent to an activating group) is 1. The Bertz CT molecular complexity index is 186.